The molecule has 0 fully saturated rings. The largest absolute Gasteiger partial charge is 0.493 e. The number of anilines is 1. The number of rotatable bonds is 7. The van der Waals surface area contributed by atoms with E-state index in [2.05, 4.69) is 5.32 Å². The first-order valence-electron chi connectivity index (χ1n) is 8.19. The molecule has 0 saturated heterocycles. The number of carbonyl (C=O) groups excluding carboxylic acids is 1. The van der Waals surface area contributed by atoms with Crippen LogP contribution in [0.25, 0.3) is 6.08 Å². The second-order valence-corrected chi connectivity index (χ2v) is 6.34. The summed E-state index contributed by atoms with van der Waals surface area (Å²) >= 11 is 11.9. The van der Waals surface area contributed by atoms with Crippen molar-refractivity contribution in [2.45, 2.75) is 6.92 Å². The Morgan fingerprint density at radius 3 is 2.14 bits per heavy atom. The predicted octanol–water partition coefficient (Wildman–Crippen LogP) is 4.95. The molecule has 0 aliphatic rings. The van der Waals surface area contributed by atoms with Crippen LogP contribution in [0.15, 0.2) is 35.9 Å². The maximum Gasteiger partial charge on any atom is 0.266 e. The summed E-state index contributed by atoms with van der Waals surface area (Å²) in [6.45, 7) is 2.27. The van der Waals surface area contributed by atoms with Crippen LogP contribution in [0.1, 0.15) is 12.5 Å². The number of halogens is 2. The van der Waals surface area contributed by atoms with Crippen LogP contribution in [-0.4, -0.2) is 26.7 Å². The van der Waals surface area contributed by atoms with Gasteiger partial charge in [0.2, 0.25) is 5.75 Å². The Bertz CT molecular complexity index is 906. The summed E-state index contributed by atoms with van der Waals surface area (Å²) in [6, 6.07) is 9.78. The molecular formula is C20H18Cl2N2O4. The van der Waals surface area contributed by atoms with E-state index in [1.165, 1.54) is 38.5 Å². The molecule has 8 heteroatoms. The molecule has 6 nitrogen and oxygen atoms in total. The zero-order valence-corrected chi connectivity index (χ0v) is 17.0. The summed E-state index contributed by atoms with van der Waals surface area (Å²) in [4.78, 5) is 12.5. The van der Waals surface area contributed by atoms with Crippen molar-refractivity contribution in [3.63, 3.8) is 0 Å². The van der Waals surface area contributed by atoms with Crippen molar-refractivity contribution in [3.05, 3.63) is 51.5 Å². The molecular weight excluding hydrogens is 403 g/mol. The second kappa shape index (κ2) is 9.88. The lowest BCUT2D eigenvalue weighted by molar-refractivity contribution is -0.112. The molecule has 0 radical (unpaired) electrons. The van der Waals surface area contributed by atoms with Gasteiger partial charge >= 0.3 is 0 Å². The quantitative estimate of drug-likeness (QED) is 0.505. The normalized spacial score (nSPS) is 10.8. The van der Waals surface area contributed by atoms with Gasteiger partial charge in [0.1, 0.15) is 11.6 Å². The molecule has 0 aliphatic heterocycles. The van der Waals surface area contributed by atoms with Gasteiger partial charge in [0, 0.05) is 15.7 Å². The Morgan fingerprint density at radius 2 is 1.68 bits per heavy atom. The van der Waals surface area contributed by atoms with Gasteiger partial charge in [0.15, 0.2) is 11.5 Å². The smallest absolute Gasteiger partial charge is 0.266 e. The van der Waals surface area contributed by atoms with Gasteiger partial charge in [-0.3, -0.25) is 4.79 Å². The minimum atomic E-state index is -0.604. The number of carbonyl (C=O) groups is 1. The van der Waals surface area contributed by atoms with Crippen molar-refractivity contribution in [2.24, 2.45) is 0 Å². The maximum atomic E-state index is 12.5. The van der Waals surface area contributed by atoms with Crippen LogP contribution in [0.2, 0.25) is 10.0 Å². The average molecular weight is 421 g/mol. The lowest BCUT2D eigenvalue weighted by Gasteiger charge is -2.14. The summed E-state index contributed by atoms with van der Waals surface area (Å²) in [7, 11) is 2.98. The van der Waals surface area contributed by atoms with E-state index in [-0.39, 0.29) is 5.57 Å². The van der Waals surface area contributed by atoms with Gasteiger partial charge in [0.25, 0.3) is 5.91 Å². The van der Waals surface area contributed by atoms with Crippen molar-refractivity contribution < 1.29 is 19.0 Å². The van der Waals surface area contributed by atoms with E-state index in [9.17, 15) is 10.1 Å². The topological polar surface area (TPSA) is 80.6 Å². The lowest BCUT2D eigenvalue weighted by Crippen LogP contribution is -2.13. The van der Waals surface area contributed by atoms with Gasteiger partial charge in [-0.15, -0.1) is 0 Å². The fraction of sp³-hybridized carbons (Fsp3) is 0.200. The number of hydrogen-bond acceptors (Lipinski definition) is 5. The van der Waals surface area contributed by atoms with E-state index in [0.29, 0.717) is 45.2 Å². The van der Waals surface area contributed by atoms with E-state index in [0.717, 1.165) is 0 Å². The highest BCUT2D eigenvalue weighted by molar-refractivity contribution is 6.35. The van der Waals surface area contributed by atoms with Crippen molar-refractivity contribution in [3.8, 4) is 23.3 Å². The minimum Gasteiger partial charge on any atom is -0.493 e. The number of nitriles is 1. The number of amides is 1. The number of benzene rings is 2. The maximum absolute atomic E-state index is 12.5. The molecule has 0 spiro atoms. The molecule has 0 unspecified atom stereocenters. The Kier molecular flexibility index (Phi) is 7.56. The highest BCUT2D eigenvalue weighted by Crippen LogP contribution is 2.39. The number of hydrogen-bond donors (Lipinski definition) is 1. The fourth-order valence-corrected chi connectivity index (χ4v) is 2.94. The van der Waals surface area contributed by atoms with Crippen molar-refractivity contribution in [2.75, 3.05) is 26.1 Å². The van der Waals surface area contributed by atoms with Gasteiger partial charge < -0.3 is 19.5 Å². The number of nitrogens with zero attached hydrogens (tertiary/aromatic N) is 1. The molecule has 146 valence electrons. The zero-order chi connectivity index (χ0) is 20.7. The summed E-state index contributed by atoms with van der Waals surface area (Å²) in [5.74, 6) is 0.687. The molecule has 2 aromatic carbocycles. The molecule has 0 heterocycles. The fourth-order valence-electron chi connectivity index (χ4n) is 2.41. The molecule has 2 aromatic rings. The van der Waals surface area contributed by atoms with Gasteiger partial charge in [-0.25, -0.2) is 0 Å². The first-order chi connectivity index (χ1) is 13.4. The molecule has 2 rings (SSSR count). The average Bonchev–Trinajstić information content (AvgIpc) is 2.65. The molecule has 0 saturated carbocycles. The van der Waals surface area contributed by atoms with Gasteiger partial charge in [-0.2, -0.15) is 5.26 Å². The Labute approximate surface area is 173 Å². The van der Waals surface area contributed by atoms with E-state index in [1.807, 2.05) is 13.0 Å². The molecule has 28 heavy (non-hydrogen) atoms. The Hall–Kier alpha value is -2.88. The summed E-state index contributed by atoms with van der Waals surface area (Å²) in [6.07, 6.45) is 1.42. The first-order valence-corrected chi connectivity index (χ1v) is 8.95. The SMILES string of the molecule is CCOc1c(OC)cc(/C=C(/C#N)C(=O)Nc2cc(Cl)cc(Cl)c2)cc1OC. The highest BCUT2D eigenvalue weighted by Gasteiger charge is 2.15. The van der Waals surface area contributed by atoms with Crippen molar-refractivity contribution >= 4 is 40.9 Å². The molecule has 1 amide bonds. The van der Waals surface area contributed by atoms with Crippen molar-refractivity contribution in [1.82, 2.24) is 0 Å². The van der Waals surface area contributed by atoms with E-state index < -0.39 is 5.91 Å². The predicted molar refractivity (Wildman–Crippen MR) is 109 cm³/mol. The van der Waals surface area contributed by atoms with Crippen LogP contribution < -0.4 is 19.5 Å². The number of nitrogens with one attached hydrogen (secondary N) is 1. The van der Waals surface area contributed by atoms with Gasteiger partial charge in [-0.1, -0.05) is 23.2 Å². The van der Waals surface area contributed by atoms with Crippen LogP contribution in [0.4, 0.5) is 5.69 Å². The monoisotopic (exact) mass is 420 g/mol. The van der Waals surface area contributed by atoms with Crippen molar-refractivity contribution in [1.29, 1.82) is 5.26 Å². The molecule has 0 aliphatic carbocycles. The van der Waals surface area contributed by atoms with Crippen LogP contribution >= 0.6 is 23.2 Å². The molecule has 0 atom stereocenters. The number of methoxy groups -OCH3 is 2. The Morgan fingerprint density at radius 1 is 1.11 bits per heavy atom. The van der Waals surface area contributed by atoms with E-state index in [4.69, 9.17) is 37.4 Å². The van der Waals surface area contributed by atoms with E-state index in [1.54, 1.807) is 12.1 Å². The van der Waals surface area contributed by atoms with Gasteiger partial charge in [-0.05, 0) is 48.9 Å². The molecule has 1 N–H and O–H groups in total. The lowest BCUT2D eigenvalue weighted by atomic mass is 10.1. The Balaban J connectivity index is 2.37. The number of ether oxygens (including phenoxy) is 3. The summed E-state index contributed by atoms with van der Waals surface area (Å²) < 4.78 is 16.2. The standard InChI is InChI=1S/C20H18Cl2N2O4/c1-4-28-19-17(26-2)6-12(7-18(19)27-3)5-13(11-23)20(25)24-16-9-14(21)8-15(22)10-16/h5-10H,4H2,1-3H3,(H,24,25)/b13-5-. The van der Waals surface area contributed by atoms with Crippen LogP contribution in [0.3, 0.4) is 0 Å². The first kappa shape index (κ1) is 21.4. The van der Waals surface area contributed by atoms with Gasteiger partial charge in [0.05, 0.1) is 20.8 Å². The third kappa shape index (κ3) is 5.32. The highest BCUT2D eigenvalue weighted by atomic mass is 35.5. The third-order valence-corrected chi connectivity index (χ3v) is 4.00. The van der Waals surface area contributed by atoms with Crippen LogP contribution in [0, 0.1) is 11.3 Å². The van der Waals surface area contributed by atoms with E-state index >= 15 is 0 Å². The molecule has 0 aromatic heterocycles. The minimum absolute atomic E-state index is 0.121. The summed E-state index contributed by atoms with van der Waals surface area (Å²) in [5.41, 5.74) is 0.794. The van der Waals surface area contributed by atoms with Crippen LogP contribution in [0.5, 0.6) is 17.2 Å². The van der Waals surface area contributed by atoms with Crippen LogP contribution in [-0.2, 0) is 4.79 Å². The third-order valence-electron chi connectivity index (χ3n) is 3.57. The summed E-state index contributed by atoms with van der Waals surface area (Å²) in [5, 5.41) is 12.8. The molecule has 0 bridgehead atoms. The zero-order valence-electron chi connectivity index (χ0n) is 15.5. The second-order valence-electron chi connectivity index (χ2n) is 5.47.